The molecule has 1 unspecified atom stereocenters. The highest BCUT2D eigenvalue weighted by Crippen LogP contribution is 2.35. The third-order valence-electron chi connectivity index (χ3n) is 2.96. The second kappa shape index (κ2) is 4.22. The van der Waals surface area contributed by atoms with Crippen LogP contribution in [0.4, 0.5) is 4.39 Å². The van der Waals surface area contributed by atoms with E-state index in [0.29, 0.717) is 5.92 Å². The summed E-state index contributed by atoms with van der Waals surface area (Å²) in [4.78, 5) is 0. The monoisotopic (exact) mass is 271 g/mol. The van der Waals surface area contributed by atoms with Crippen molar-refractivity contribution in [1.82, 2.24) is 5.32 Å². The van der Waals surface area contributed by atoms with Gasteiger partial charge in [0.2, 0.25) is 0 Å². The van der Waals surface area contributed by atoms with E-state index in [4.69, 9.17) is 0 Å². The fourth-order valence-corrected chi connectivity index (χ4v) is 2.84. The lowest BCUT2D eigenvalue weighted by atomic mass is 9.88. The Balaban J connectivity index is 2.54. The van der Waals surface area contributed by atoms with Gasteiger partial charge in [-0.2, -0.15) is 0 Å². The Morgan fingerprint density at radius 2 is 2.20 bits per heavy atom. The molecule has 0 aromatic heterocycles. The first-order chi connectivity index (χ1) is 7.11. The molecule has 3 heteroatoms. The van der Waals surface area contributed by atoms with Crippen LogP contribution in [0.3, 0.4) is 0 Å². The van der Waals surface area contributed by atoms with Gasteiger partial charge in [-0.05, 0) is 42.1 Å². The molecule has 0 saturated carbocycles. The molecule has 1 heterocycles. The van der Waals surface area contributed by atoms with Gasteiger partial charge in [-0.3, -0.25) is 0 Å². The van der Waals surface area contributed by atoms with Gasteiger partial charge in [0.1, 0.15) is 5.82 Å². The van der Waals surface area contributed by atoms with Crippen molar-refractivity contribution in [3.05, 3.63) is 33.5 Å². The molecule has 2 rings (SSSR count). The van der Waals surface area contributed by atoms with E-state index >= 15 is 0 Å². The van der Waals surface area contributed by atoms with Gasteiger partial charge in [0, 0.05) is 10.5 Å². The predicted octanol–water partition coefficient (Wildman–Crippen LogP) is 3.43. The van der Waals surface area contributed by atoms with Gasteiger partial charge in [-0.15, -0.1) is 0 Å². The summed E-state index contributed by atoms with van der Waals surface area (Å²) in [5, 5.41) is 3.45. The first-order valence-electron chi connectivity index (χ1n) is 5.31. The zero-order valence-corrected chi connectivity index (χ0v) is 10.6. The van der Waals surface area contributed by atoms with Gasteiger partial charge >= 0.3 is 0 Å². The van der Waals surface area contributed by atoms with Crippen molar-refractivity contribution in [2.24, 2.45) is 5.92 Å². The Morgan fingerprint density at radius 1 is 1.47 bits per heavy atom. The summed E-state index contributed by atoms with van der Waals surface area (Å²) >= 11 is 3.52. The van der Waals surface area contributed by atoms with Crippen molar-refractivity contribution in [2.75, 3.05) is 6.54 Å². The van der Waals surface area contributed by atoms with Crippen LogP contribution in [0.15, 0.2) is 16.6 Å². The molecule has 1 aliphatic heterocycles. The lowest BCUT2D eigenvalue weighted by Gasteiger charge is -2.31. The summed E-state index contributed by atoms with van der Waals surface area (Å²) in [6, 6.07) is 3.61. The first-order valence-corrected chi connectivity index (χ1v) is 6.10. The van der Waals surface area contributed by atoms with E-state index < -0.39 is 0 Å². The molecule has 0 fully saturated rings. The number of hydrogen-bond donors (Lipinski definition) is 1. The molecule has 82 valence electrons. The lowest BCUT2D eigenvalue weighted by molar-refractivity contribution is 0.387. The molecule has 1 aromatic carbocycles. The van der Waals surface area contributed by atoms with E-state index in [0.717, 1.165) is 28.6 Å². The second-order valence-corrected chi connectivity index (χ2v) is 5.20. The highest BCUT2D eigenvalue weighted by Gasteiger charge is 2.26. The molecule has 0 amide bonds. The molecule has 1 N–H and O–H groups in total. The minimum absolute atomic E-state index is 0.0691. The fraction of sp³-hybridized carbons (Fsp3) is 0.500. The van der Waals surface area contributed by atoms with Crippen molar-refractivity contribution in [1.29, 1.82) is 0 Å². The first kappa shape index (κ1) is 11.1. The average Bonchev–Trinajstić information content (AvgIpc) is 2.23. The third-order valence-corrected chi connectivity index (χ3v) is 3.66. The van der Waals surface area contributed by atoms with Gasteiger partial charge in [-0.1, -0.05) is 29.8 Å². The van der Waals surface area contributed by atoms with Gasteiger partial charge < -0.3 is 5.32 Å². The molecular weight excluding hydrogens is 257 g/mol. The van der Waals surface area contributed by atoms with Crippen molar-refractivity contribution in [2.45, 2.75) is 26.3 Å². The second-order valence-electron chi connectivity index (χ2n) is 4.35. The largest absolute Gasteiger partial charge is 0.309 e. The Labute approximate surface area is 98.2 Å². The summed E-state index contributed by atoms with van der Waals surface area (Å²) in [6.45, 7) is 5.18. The van der Waals surface area contributed by atoms with Crippen LogP contribution in [0.25, 0.3) is 0 Å². The summed E-state index contributed by atoms with van der Waals surface area (Å²) in [5.74, 6) is 0.405. The van der Waals surface area contributed by atoms with Crippen molar-refractivity contribution >= 4 is 15.9 Å². The predicted molar refractivity (Wildman–Crippen MR) is 63.4 cm³/mol. The normalized spacial score (nSPS) is 20.5. The molecule has 0 bridgehead atoms. The maximum Gasteiger partial charge on any atom is 0.126 e. The molecule has 1 nitrogen and oxygen atoms in total. The highest BCUT2D eigenvalue weighted by molar-refractivity contribution is 9.10. The third kappa shape index (κ3) is 1.95. The zero-order valence-electron chi connectivity index (χ0n) is 8.98. The number of benzene rings is 1. The average molecular weight is 272 g/mol. The quantitative estimate of drug-likeness (QED) is 0.825. The fourth-order valence-electron chi connectivity index (χ4n) is 2.22. The number of rotatable bonds is 1. The van der Waals surface area contributed by atoms with E-state index in [1.165, 1.54) is 0 Å². The smallest absolute Gasteiger partial charge is 0.126 e. The molecule has 1 atom stereocenters. The minimum atomic E-state index is -0.0691. The van der Waals surface area contributed by atoms with Gasteiger partial charge in [0.25, 0.3) is 0 Å². The molecule has 0 radical (unpaired) electrons. The van der Waals surface area contributed by atoms with Gasteiger partial charge in [-0.25, -0.2) is 4.39 Å². The summed E-state index contributed by atoms with van der Waals surface area (Å²) < 4.78 is 14.7. The maximum atomic E-state index is 13.6. The zero-order chi connectivity index (χ0) is 11.0. The van der Waals surface area contributed by atoms with Crippen LogP contribution < -0.4 is 5.32 Å². The SMILES string of the molecule is CC(C)C1NCCc2c(F)ccc(Br)c21. The molecule has 0 aliphatic carbocycles. The number of hydrogen-bond acceptors (Lipinski definition) is 1. The van der Waals surface area contributed by atoms with Crippen LogP contribution in [0.2, 0.25) is 0 Å². The van der Waals surface area contributed by atoms with Crippen LogP contribution in [0.1, 0.15) is 31.0 Å². The molecule has 15 heavy (non-hydrogen) atoms. The van der Waals surface area contributed by atoms with E-state index in [2.05, 4.69) is 35.1 Å². The number of halogens is 2. The number of nitrogens with one attached hydrogen (secondary N) is 1. The molecule has 1 aliphatic rings. The molecule has 1 aromatic rings. The van der Waals surface area contributed by atoms with Crippen molar-refractivity contribution in [3.63, 3.8) is 0 Å². The van der Waals surface area contributed by atoms with E-state index in [9.17, 15) is 4.39 Å². The van der Waals surface area contributed by atoms with Gasteiger partial charge in [0.05, 0.1) is 0 Å². The lowest BCUT2D eigenvalue weighted by Crippen LogP contribution is -2.34. The van der Waals surface area contributed by atoms with Crippen LogP contribution in [0.5, 0.6) is 0 Å². The van der Waals surface area contributed by atoms with E-state index in [-0.39, 0.29) is 11.9 Å². The standard InChI is InChI=1S/C12H15BrFN/c1-7(2)12-11-8(5-6-15-12)10(14)4-3-9(11)13/h3-4,7,12,15H,5-6H2,1-2H3. The highest BCUT2D eigenvalue weighted by atomic mass is 79.9. The Bertz CT molecular complexity index is 376. The van der Waals surface area contributed by atoms with Crippen LogP contribution in [0, 0.1) is 11.7 Å². The van der Waals surface area contributed by atoms with Crippen molar-refractivity contribution < 1.29 is 4.39 Å². The van der Waals surface area contributed by atoms with E-state index in [1.807, 2.05) is 0 Å². The topological polar surface area (TPSA) is 12.0 Å². The molecular formula is C12H15BrFN. The van der Waals surface area contributed by atoms with Crippen LogP contribution in [-0.4, -0.2) is 6.54 Å². The van der Waals surface area contributed by atoms with Crippen LogP contribution in [-0.2, 0) is 6.42 Å². The maximum absolute atomic E-state index is 13.6. The summed E-state index contributed by atoms with van der Waals surface area (Å²) in [5.41, 5.74) is 1.98. The molecule has 0 saturated heterocycles. The summed E-state index contributed by atoms with van der Waals surface area (Å²) in [7, 11) is 0. The Morgan fingerprint density at radius 3 is 2.87 bits per heavy atom. The minimum Gasteiger partial charge on any atom is -0.309 e. The summed E-state index contributed by atoms with van der Waals surface area (Å²) in [6.07, 6.45) is 0.782. The van der Waals surface area contributed by atoms with Crippen LogP contribution >= 0.6 is 15.9 Å². The van der Waals surface area contributed by atoms with Gasteiger partial charge in [0.15, 0.2) is 0 Å². The number of fused-ring (bicyclic) bond motifs is 1. The Hall–Kier alpha value is -0.410. The van der Waals surface area contributed by atoms with E-state index in [1.54, 1.807) is 12.1 Å². The molecule has 0 spiro atoms. The Kier molecular flexibility index (Phi) is 3.12. The van der Waals surface area contributed by atoms with Crippen molar-refractivity contribution in [3.8, 4) is 0 Å².